The highest BCUT2D eigenvalue weighted by molar-refractivity contribution is 7.45. The molecule has 1 atom stereocenters. The van der Waals surface area contributed by atoms with Gasteiger partial charge in [-0.1, -0.05) is 71.6 Å². The van der Waals surface area contributed by atoms with Gasteiger partial charge in [-0.2, -0.15) is 4.67 Å². The molecule has 0 heterocycles. The van der Waals surface area contributed by atoms with Gasteiger partial charge in [0.25, 0.3) is 7.82 Å². The average Bonchev–Trinajstić information content (AvgIpc) is 2.52. The number of unbranched alkanes of at least 4 members (excludes halogenated alkanes) is 9. The van der Waals surface area contributed by atoms with Gasteiger partial charge in [0.2, 0.25) is 0 Å². The molecule has 1 unspecified atom stereocenters. The maximum atomic E-state index is 10.6. The van der Waals surface area contributed by atoms with Crippen molar-refractivity contribution in [2.24, 2.45) is 0 Å². The van der Waals surface area contributed by atoms with Crippen molar-refractivity contribution in [1.29, 1.82) is 0 Å². The fourth-order valence-corrected chi connectivity index (χ4v) is 2.86. The summed E-state index contributed by atoms with van der Waals surface area (Å²) in [5.74, 6) is 0. The highest BCUT2D eigenvalue weighted by Gasteiger charge is 2.06. The van der Waals surface area contributed by atoms with Gasteiger partial charge in [0.1, 0.15) is 0 Å². The molecule has 7 heteroatoms. The first-order chi connectivity index (χ1) is 11.7. The van der Waals surface area contributed by atoms with Gasteiger partial charge in [0, 0.05) is 0 Å². The van der Waals surface area contributed by atoms with Gasteiger partial charge in [-0.3, -0.25) is 4.57 Å². The predicted octanol–water partition coefficient (Wildman–Crippen LogP) is 4.98. The first-order valence-electron chi connectivity index (χ1n) is 9.77. The summed E-state index contributed by atoms with van der Waals surface area (Å²) < 4.78 is 19.3. The number of hydrogen-bond acceptors (Lipinski definition) is 5. The van der Waals surface area contributed by atoms with E-state index >= 15 is 0 Å². The predicted molar refractivity (Wildman–Crippen MR) is 102 cm³/mol. The monoisotopic (exact) mass is 383 g/mol. The second-order valence-corrected chi connectivity index (χ2v) is 8.87. The van der Waals surface area contributed by atoms with Gasteiger partial charge < -0.3 is 13.9 Å². The van der Waals surface area contributed by atoms with E-state index in [1.165, 1.54) is 57.9 Å². The van der Waals surface area contributed by atoms with Gasteiger partial charge in [0.15, 0.2) is 0 Å². The number of hydrogen-bond donors (Lipinski definition) is 1. The Labute approximate surface area is 155 Å². The smallest absolute Gasteiger partial charge is 0.297 e. The first kappa shape index (κ1) is 27.3. The van der Waals surface area contributed by atoms with E-state index in [1.807, 2.05) is 0 Å². The molecular weight excluding hydrogens is 341 g/mol. The highest BCUT2D eigenvalue weighted by Crippen LogP contribution is 2.36. The molecule has 25 heavy (non-hydrogen) atoms. The molecule has 0 spiro atoms. The maximum Gasteiger partial charge on any atom is 0.297 e. The summed E-state index contributed by atoms with van der Waals surface area (Å²) in [6.07, 6.45) is 13.0. The Hall–Kier alpha value is 0.0300. The van der Waals surface area contributed by atoms with E-state index in [9.17, 15) is 9.46 Å². The van der Waals surface area contributed by atoms with Gasteiger partial charge >= 0.3 is 0 Å². The van der Waals surface area contributed by atoms with E-state index in [0.29, 0.717) is 6.42 Å². The molecular formula is C18H42NO5P. The third-order valence-electron chi connectivity index (χ3n) is 3.74. The van der Waals surface area contributed by atoms with Crippen LogP contribution in [0.5, 0.6) is 0 Å². The van der Waals surface area contributed by atoms with Crippen LogP contribution in [-0.4, -0.2) is 44.0 Å². The van der Waals surface area contributed by atoms with Crippen LogP contribution in [0.1, 0.15) is 84.5 Å². The van der Waals surface area contributed by atoms with E-state index in [0.717, 1.165) is 17.3 Å². The molecule has 0 aromatic rings. The topological polar surface area (TPSA) is 78.8 Å². The molecule has 154 valence electrons. The molecule has 0 bridgehead atoms. The molecule has 0 amide bonds. The standard InChI is InChI=1S/C12H27O5P.C6H16N/c1-2-3-4-5-6-7-8-9-10-11-12-16-18(14,15)17-13;1-5-6-7(2,3)4/h13H,2-12H2,1H3,(H,14,15);5-6H2,1-4H3/q;+1/p-1. The lowest BCUT2D eigenvalue weighted by Gasteiger charge is -2.22. The van der Waals surface area contributed by atoms with Gasteiger partial charge in [-0.15, -0.1) is 0 Å². The second-order valence-electron chi connectivity index (χ2n) is 7.56. The Morgan fingerprint density at radius 3 is 1.60 bits per heavy atom. The first-order valence-corrected chi connectivity index (χ1v) is 11.2. The lowest BCUT2D eigenvalue weighted by atomic mass is 10.1. The van der Waals surface area contributed by atoms with E-state index in [1.54, 1.807) is 0 Å². The summed E-state index contributed by atoms with van der Waals surface area (Å²) in [6, 6.07) is 0. The molecule has 0 radical (unpaired) electrons. The lowest BCUT2D eigenvalue weighted by molar-refractivity contribution is -0.870. The number of nitrogens with zero attached hydrogens (tertiary/aromatic N) is 1. The number of quaternary nitrogens is 1. The van der Waals surface area contributed by atoms with E-state index in [-0.39, 0.29) is 6.61 Å². The molecule has 6 nitrogen and oxygen atoms in total. The summed E-state index contributed by atoms with van der Waals surface area (Å²) in [5, 5.41) is 7.95. The van der Waals surface area contributed by atoms with Crippen molar-refractivity contribution in [2.75, 3.05) is 34.3 Å². The fourth-order valence-electron chi connectivity index (χ4n) is 2.46. The lowest BCUT2D eigenvalue weighted by Crippen LogP contribution is -2.34. The molecule has 0 aliphatic carbocycles. The number of phosphoric ester groups is 1. The summed E-state index contributed by atoms with van der Waals surface area (Å²) in [5.41, 5.74) is 0. The molecule has 0 saturated heterocycles. The highest BCUT2D eigenvalue weighted by atomic mass is 31.2. The summed E-state index contributed by atoms with van der Waals surface area (Å²) in [4.78, 5) is 10.6. The number of rotatable bonds is 15. The average molecular weight is 384 g/mol. The molecule has 0 aliphatic heterocycles. The molecule has 1 N–H and O–H groups in total. The zero-order valence-corrected chi connectivity index (χ0v) is 18.1. The molecule has 0 aliphatic rings. The van der Waals surface area contributed by atoms with Crippen LogP contribution >= 0.6 is 7.82 Å². The van der Waals surface area contributed by atoms with Gasteiger partial charge in [0.05, 0.1) is 34.3 Å². The van der Waals surface area contributed by atoms with Crippen LogP contribution in [0.15, 0.2) is 0 Å². The largest absolute Gasteiger partial charge is 0.754 e. The molecule has 0 saturated carbocycles. The second kappa shape index (κ2) is 17.4. The van der Waals surface area contributed by atoms with E-state index < -0.39 is 7.82 Å². The van der Waals surface area contributed by atoms with Crippen LogP contribution in [0, 0.1) is 0 Å². The molecule has 0 rings (SSSR count). The summed E-state index contributed by atoms with van der Waals surface area (Å²) >= 11 is 0. The third-order valence-corrected chi connectivity index (χ3v) is 4.44. The van der Waals surface area contributed by atoms with Crippen molar-refractivity contribution >= 4 is 7.82 Å². The Morgan fingerprint density at radius 1 is 0.840 bits per heavy atom. The van der Waals surface area contributed by atoms with Crippen LogP contribution in [0.4, 0.5) is 0 Å². The Kier molecular flexibility index (Phi) is 19.0. The SMILES string of the molecule is CCCCCCCCCCCCOP(=O)([O-])OO.CCC[N+](C)(C)C. The van der Waals surface area contributed by atoms with Crippen LogP contribution in [0.2, 0.25) is 0 Å². The fraction of sp³-hybridized carbons (Fsp3) is 1.00. The molecule has 0 aromatic heterocycles. The maximum absolute atomic E-state index is 10.6. The van der Waals surface area contributed by atoms with Crippen molar-refractivity contribution in [3.63, 3.8) is 0 Å². The Balaban J connectivity index is 0. The van der Waals surface area contributed by atoms with Crippen molar-refractivity contribution in [1.82, 2.24) is 0 Å². The Bertz CT molecular complexity index is 321. The molecule has 0 aromatic carbocycles. The van der Waals surface area contributed by atoms with E-state index in [2.05, 4.69) is 44.2 Å². The minimum atomic E-state index is -4.44. The van der Waals surface area contributed by atoms with Crippen LogP contribution in [0.3, 0.4) is 0 Å². The zero-order valence-electron chi connectivity index (χ0n) is 17.2. The number of phosphoric acid groups is 1. The minimum Gasteiger partial charge on any atom is -0.754 e. The molecule has 0 fully saturated rings. The van der Waals surface area contributed by atoms with Gasteiger partial charge in [-0.05, 0) is 12.8 Å². The summed E-state index contributed by atoms with van der Waals surface area (Å²) in [6.45, 7) is 5.78. The Morgan fingerprint density at radius 2 is 1.28 bits per heavy atom. The van der Waals surface area contributed by atoms with Crippen LogP contribution < -0.4 is 4.89 Å². The normalized spacial score (nSPS) is 13.9. The van der Waals surface area contributed by atoms with Crippen molar-refractivity contribution in [3.8, 4) is 0 Å². The summed E-state index contributed by atoms with van der Waals surface area (Å²) in [7, 11) is 2.19. The quantitative estimate of drug-likeness (QED) is 0.142. The van der Waals surface area contributed by atoms with E-state index in [4.69, 9.17) is 5.26 Å². The van der Waals surface area contributed by atoms with Crippen molar-refractivity contribution in [2.45, 2.75) is 84.5 Å². The van der Waals surface area contributed by atoms with Crippen molar-refractivity contribution < 1.29 is 28.4 Å². The van der Waals surface area contributed by atoms with Crippen LogP contribution in [0.25, 0.3) is 0 Å². The minimum absolute atomic E-state index is 0.0812. The zero-order chi connectivity index (χ0) is 19.6. The van der Waals surface area contributed by atoms with Crippen molar-refractivity contribution in [3.05, 3.63) is 0 Å². The van der Waals surface area contributed by atoms with Gasteiger partial charge in [-0.25, -0.2) is 5.26 Å². The third kappa shape index (κ3) is 26.4. The van der Waals surface area contributed by atoms with Crippen LogP contribution in [-0.2, 0) is 13.8 Å².